The lowest BCUT2D eigenvalue weighted by Gasteiger charge is -2.12. The third-order valence-corrected chi connectivity index (χ3v) is 7.38. The van der Waals surface area contributed by atoms with Crippen LogP contribution in [-0.2, 0) is 0 Å². The van der Waals surface area contributed by atoms with Crippen LogP contribution < -0.4 is 0 Å². The van der Waals surface area contributed by atoms with E-state index in [2.05, 4.69) is 71.4 Å². The topological polar surface area (TPSA) is 0 Å². The van der Waals surface area contributed by atoms with Gasteiger partial charge in [-0.2, -0.15) is 0 Å². The highest BCUT2D eigenvalue weighted by Crippen LogP contribution is 2.43. The summed E-state index contributed by atoms with van der Waals surface area (Å²) in [5.74, 6) is 0. The van der Waals surface area contributed by atoms with Crippen molar-refractivity contribution in [2.24, 2.45) is 0 Å². The molecule has 0 saturated heterocycles. The van der Waals surface area contributed by atoms with E-state index in [1.807, 2.05) is 18.2 Å². The third kappa shape index (κ3) is 2.61. The molecule has 3 aromatic rings. The fraction of sp³-hybridized carbons (Fsp3) is 0.0667. The van der Waals surface area contributed by atoms with Gasteiger partial charge in [0, 0.05) is 13.6 Å². The van der Waals surface area contributed by atoms with Gasteiger partial charge in [0.2, 0.25) is 0 Å². The fourth-order valence-corrected chi connectivity index (χ4v) is 5.45. The summed E-state index contributed by atoms with van der Waals surface area (Å²) in [5.41, 5.74) is 2.31. The van der Waals surface area contributed by atoms with E-state index in [0.717, 1.165) is 19.5 Å². The fourth-order valence-electron chi connectivity index (χ4n) is 2.12. The van der Waals surface area contributed by atoms with Gasteiger partial charge in [0.05, 0.1) is 9.85 Å². The van der Waals surface area contributed by atoms with Crippen LogP contribution in [0.3, 0.4) is 0 Å². The molecule has 0 aliphatic carbocycles. The summed E-state index contributed by atoms with van der Waals surface area (Å²) in [6, 6.07) is 12.3. The minimum Gasteiger partial charge on any atom is -0.142 e. The Kier molecular flexibility index (Phi) is 4.58. The van der Waals surface area contributed by atoms with Crippen LogP contribution in [0.15, 0.2) is 50.7 Å². The van der Waals surface area contributed by atoms with Gasteiger partial charge >= 0.3 is 0 Å². The van der Waals surface area contributed by atoms with E-state index in [4.69, 9.17) is 11.6 Å². The summed E-state index contributed by atoms with van der Waals surface area (Å²) in [6.07, 6.45) is 0. The lowest BCUT2D eigenvalue weighted by Crippen LogP contribution is -1.93. The van der Waals surface area contributed by atoms with Crippen molar-refractivity contribution >= 4 is 80.8 Å². The second kappa shape index (κ2) is 6.09. The molecule has 1 atom stereocenters. The van der Waals surface area contributed by atoms with Crippen molar-refractivity contribution in [1.29, 1.82) is 0 Å². The molecular weight excluding hydrogens is 487 g/mol. The lowest BCUT2D eigenvalue weighted by molar-refractivity contribution is 1.20. The van der Waals surface area contributed by atoms with Gasteiger partial charge in [-0.25, -0.2) is 0 Å². The summed E-state index contributed by atoms with van der Waals surface area (Å²) in [5, 5.41) is 4.19. The summed E-state index contributed by atoms with van der Waals surface area (Å²) >= 11 is 19.0. The molecule has 0 fully saturated rings. The number of thiophene rings is 1. The van der Waals surface area contributed by atoms with Crippen molar-refractivity contribution in [2.75, 3.05) is 0 Å². The number of hydrogen-bond donors (Lipinski definition) is 0. The molecule has 1 unspecified atom stereocenters. The third-order valence-electron chi connectivity index (χ3n) is 3.11. The van der Waals surface area contributed by atoms with Gasteiger partial charge in [0.15, 0.2) is 0 Å². The van der Waals surface area contributed by atoms with E-state index in [9.17, 15) is 0 Å². The van der Waals surface area contributed by atoms with E-state index < -0.39 is 0 Å². The molecule has 1 aromatic heterocycles. The summed E-state index contributed by atoms with van der Waals surface area (Å²) in [4.78, 5) is 0.0792. The molecule has 0 spiro atoms. The molecule has 3 rings (SSSR count). The van der Waals surface area contributed by atoms with Gasteiger partial charge in [-0.05, 0) is 65.9 Å². The van der Waals surface area contributed by atoms with E-state index in [-0.39, 0.29) is 4.83 Å². The van der Waals surface area contributed by atoms with Gasteiger partial charge < -0.3 is 0 Å². The number of fused-ring (bicyclic) bond motifs is 1. The van der Waals surface area contributed by atoms with Crippen LogP contribution in [0.1, 0.15) is 16.0 Å². The summed E-state index contributed by atoms with van der Waals surface area (Å²) in [6.45, 7) is 0. The van der Waals surface area contributed by atoms with Gasteiger partial charge in [-0.1, -0.05) is 51.8 Å². The van der Waals surface area contributed by atoms with Gasteiger partial charge in [-0.3, -0.25) is 0 Å². The van der Waals surface area contributed by atoms with E-state index in [1.54, 1.807) is 11.3 Å². The van der Waals surface area contributed by atoms with Crippen LogP contribution >= 0.6 is 70.7 Å². The maximum Gasteiger partial charge on any atom is 0.0673 e. The Balaban J connectivity index is 2.16. The van der Waals surface area contributed by atoms with E-state index in [0.29, 0.717) is 0 Å². The highest BCUT2D eigenvalue weighted by Gasteiger charge is 2.19. The molecule has 0 bridgehead atoms. The maximum atomic E-state index is 6.40. The zero-order valence-electron chi connectivity index (χ0n) is 10.0. The molecule has 102 valence electrons. The average Bonchev–Trinajstić information content (AvgIpc) is 2.86. The normalized spacial score (nSPS) is 12.8. The van der Waals surface area contributed by atoms with Crippen LogP contribution in [0.4, 0.5) is 0 Å². The molecule has 5 heteroatoms. The second-order valence-corrected chi connectivity index (χ2v) is 8.20. The van der Waals surface area contributed by atoms with Crippen molar-refractivity contribution in [2.45, 2.75) is 4.83 Å². The highest BCUT2D eigenvalue weighted by atomic mass is 79.9. The van der Waals surface area contributed by atoms with Crippen LogP contribution in [0.25, 0.3) is 10.1 Å². The molecule has 20 heavy (non-hydrogen) atoms. The number of benzene rings is 2. The summed E-state index contributed by atoms with van der Waals surface area (Å²) in [7, 11) is 0. The Morgan fingerprint density at radius 1 is 0.950 bits per heavy atom. The first-order valence-electron chi connectivity index (χ1n) is 5.83. The maximum absolute atomic E-state index is 6.40. The minimum atomic E-state index is 0.0792. The Bertz CT molecular complexity index is 782. The molecule has 0 saturated carbocycles. The molecule has 0 N–H and O–H groups in total. The summed E-state index contributed by atoms with van der Waals surface area (Å²) < 4.78 is 3.31. The molecular formula is C15H8Br3ClS. The zero-order valence-corrected chi connectivity index (χ0v) is 16.4. The largest absolute Gasteiger partial charge is 0.142 e. The van der Waals surface area contributed by atoms with Crippen molar-refractivity contribution < 1.29 is 0 Å². The molecule has 1 heterocycles. The van der Waals surface area contributed by atoms with Crippen LogP contribution in [0.2, 0.25) is 5.02 Å². The zero-order chi connectivity index (χ0) is 14.3. The van der Waals surface area contributed by atoms with Gasteiger partial charge in [0.1, 0.15) is 0 Å². The Labute approximate surface area is 151 Å². The van der Waals surface area contributed by atoms with E-state index >= 15 is 0 Å². The Hall–Kier alpha value is 0.130. The van der Waals surface area contributed by atoms with Crippen molar-refractivity contribution in [1.82, 2.24) is 0 Å². The first-order chi connectivity index (χ1) is 9.59. The van der Waals surface area contributed by atoms with Crippen LogP contribution in [0, 0.1) is 0 Å². The average molecular weight is 495 g/mol. The van der Waals surface area contributed by atoms with Crippen molar-refractivity contribution in [3.05, 3.63) is 66.9 Å². The number of halogens is 4. The lowest BCUT2D eigenvalue weighted by atomic mass is 10.0. The monoisotopic (exact) mass is 492 g/mol. The van der Waals surface area contributed by atoms with Crippen LogP contribution in [-0.4, -0.2) is 0 Å². The van der Waals surface area contributed by atoms with Gasteiger partial charge in [-0.15, -0.1) is 11.3 Å². The minimum absolute atomic E-state index is 0.0792. The first kappa shape index (κ1) is 15.0. The number of hydrogen-bond acceptors (Lipinski definition) is 1. The van der Waals surface area contributed by atoms with Crippen molar-refractivity contribution in [3.63, 3.8) is 0 Å². The molecule has 0 aliphatic heterocycles. The standard InChI is InChI=1S/C15H8Br3ClS/c16-11-5-2-4-9(14(11)19)13(18)10-7-20-15-8(10)3-1-6-12(15)17/h1-7,13H. The van der Waals surface area contributed by atoms with E-state index in [1.165, 1.54) is 15.6 Å². The number of rotatable bonds is 2. The quantitative estimate of drug-likeness (QED) is 0.322. The molecule has 0 aliphatic rings. The Morgan fingerprint density at radius 2 is 1.65 bits per heavy atom. The molecule has 0 nitrogen and oxygen atoms in total. The predicted octanol–water partition coefficient (Wildman–Crippen LogP) is 7.56. The predicted molar refractivity (Wildman–Crippen MR) is 99.4 cm³/mol. The molecule has 0 amide bonds. The molecule has 0 radical (unpaired) electrons. The highest BCUT2D eigenvalue weighted by molar-refractivity contribution is 9.11. The number of alkyl halides is 1. The van der Waals surface area contributed by atoms with Crippen LogP contribution in [0.5, 0.6) is 0 Å². The second-order valence-electron chi connectivity index (χ2n) is 4.31. The SMILES string of the molecule is Clc1c(Br)cccc1C(Br)c1csc2c(Br)cccc12. The van der Waals surface area contributed by atoms with Crippen molar-refractivity contribution in [3.8, 4) is 0 Å². The molecule has 2 aromatic carbocycles. The first-order valence-corrected chi connectivity index (χ1v) is 9.59. The smallest absolute Gasteiger partial charge is 0.0673 e. The van der Waals surface area contributed by atoms with Gasteiger partial charge in [0.25, 0.3) is 0 Å². The Morgan fingerprint density at radius 3 is 2.45 bits per heavy atom.